The number of nitrogens with zero attached hydrogens (tertiary/aromatic N) is 3. The van der Waals surface area contributed by atoms with Crippen LogP contribution in [0.1, 0.15) is 34.6 Å². The SMILES string of the molecule is CC(=O)OC1C(O)O[C@H](C)C(O[Si](C)(C)C(C)(C)C)[C@@H]1N=[N+]=[N-]. The molecule has 5 atom stereocenters. The fourth-order valence-electron chi connectivity index (χ4n) is 2.20. The van der Waals surface area contributed by atoms with Gasteiger partial charge in [0.1, 0.15) is 6.04 Å². The number of esters is 1. The molecule has 1 N–H and O–H groups in total. The minimum atomic E-state index is -2.18. The smallest absolute Gasteiger partial charge is 0.303 e. The summed E-state index contributed by atoms with van der Waals surface area (Å²) in [6, 6.07) is -0.850. The lowest BCUT2D eigenvalue weighted by Gasteiger charge is -2.47. The van der Waals surface area contributed by atoms with Gasteiger partial charge in [0.25, 0.3) is 0 Å². The molecule has 0 aromatic heterocycles. The lowest BCUT2D eigenvalue weighted by Crippen LogP contribution is -2.61. The Kier molecular flexibility index (Phi) is 6.23. The van der Waals surface area contributed by atoms with E-state index in [-0.39, 0.29) is 5.04 Å². The van der Waals surface area contributed by atoms with Crippen LogP contribution in [0.5, 0.6) is 0 Å². The van der Waals surface area contributed by atoms with Crippen LogP contribution in [-0.2, 0) is 18.7 Å². The molecule has 1 aliphatic rings. The summed E-state index contributed by atoms with van der Waals surface area (Å²) in [5, 5.41) is 13.7. The van der Waals surface area contributed by atoms with Crippen LogP contribution in [-0.4, -0.2) is 50.0 Å². The van der Waals surface area contributed by atoms with E-state index in [2.05, 4.69) is 43.9 Å². The molecule has 0 spiro atoms. The molecule has 1 fully saturated rings. The molecular formula is C14H27N3O5Si. The minimum Gasteiger partial charge on any atom is -0.457 e. The van der Waals surface area contributed by atoms with E-state index in [1.54, 1.807) is 6.92 Å². The van der Waals surface area contributed by atoms with Crippen molar-refractivity contribution >= 4 is 14.3 Å². The van der Waals surface area contributed by atoms with Crippen molar-refractivity contribution in [1.82, 2.24) is 0 Å². The van der Waals surface area contributed by atoms with Crippen molar-refractivity contribution in [3.8, 4) is 0 Å². The van der Waals surface area contributed by atoms with E-state index in [0.717, 1.165) is 0 Å². The van der Waals surface area contributed by atoms with Crippen LogP contribution in [0.2, 0.25) is 18.1 Å². The predicted octanol–water partition coefficient (Wildman–Crippen LogP) is 2.72. The van der Waals surface area contributed by atoms with Gasteiger partial charge in [-0.25, -0.2) is 0 Å². The first kappa shape index (κ1) is 19.9. The highest BCUT2D eigenvalue weighted by Crippen LogP contribution is 2.40. The van der Waals surface area contributed by atoms with Gasteiger partial charge < -0.3 is 19.0 Å². The Morgan fingerprint density at radius 2 is 1.91 bits per heavy atom. The molecule has 1 aliphatic heterocycles. The van der Waals surface area contributed by atoms with E-state index in [1.807, 2.05) is 0 Å². The Bertz CT molecular complexity index is 487. The number of carbonyl (C=O) groups excluding carboxylic acids is 1. The highest BCUT2D eigenvalue weighted by atomic mass is 28.4. The molecule has 0 aromatic rings. The van der Waals surface area contributed by atoms with E-state index in [0.29, 0.717) is 0 Å². The molecule has 0 saturated carbocycles. The summed E-state index contributed by atoms with van der Waals surface area (Å²) in [6.45, 7) is 13.4. The summed E-state index contributed by atoms with van der Waals surface area (Å²) in [6.07, 6.45) is -3.54. The van der Waals surface area contributed by atoms with Crippen LogP contribution in [0.15, 0.2) is 5.11 Å². The number of hydrogen-bond donors (Lipinski definition) is 1. The molecule has 0 amide bonds. The number of hydrogen-bond acceptors (Lipinski definition) is 6. The molecule has 3 unspecified atom stereocenters. The number of azide groups is 1. The van der Waals surface area contributed by atoms with Crippen LogP contribution < -0.4 is 0 Å². The van der Waals surface area contributed by atoms with Crippen LogP contribution in [0, 0.1) is 0 Å². The van der Waals surface area contributed by atoms with Crippen LogP contribution >= 0.6 is 0 Å². The summed E-state index contributed by atoms with van der Waals surface area (Å²) in [4.78, 5) is 14.1. The van der Waals surface area contributed by atoms with Gasteiger partial charge >= 0.3 is 5.97 Å². The van der Waals surface area contributed by atoms with Gasteiger partial charge in [-0.2, -0.15) is 0 Å². The molecule has 0 aliphatic carbocycles. The van der Waals surface area contributed by atoms with Crippen molar-refractivity contribution in [1.29, 1.82) is 0 Å². The quantitative estimate of drug-likeness (QED) is 0.277. The van der Waals surface area contributed by atoms with E-state index in [9.17, 15) is 9.90 Å². The van der Waals surface area contributed by atoms with Gasteiger partial charge in [-0.1, -0.05) is 25.9 Å². The standard InChI is InChI=1S/C14H27N3O5Si/c1-8-11(22-23(6,7)14(3,4)5)10(16-17-15)12(13(19)20-8)21-9(2)18/h8,10-13,19H,1-7H3/t8-,10+,11?,12?,13?/m1/s1. The van der Waals surface area contributed by atoms with Gasteiger partial charge in [-0.05, 0) is 30.6 Å². The average molecular weight is 345 g/mol. The predicted molar refractivity (Wildman–Crippen MR) is 87.1 cm³/mol. The fraction of sp³-hybridized carbons (Fsp3) is 0.929. The summed E-state index contributed by atoms with van der Waals surface area (Å²) >= 11 is 0. The van der Waals surface area contributed by atoms with Gasteiger partial charge in [-0.15, -0.1) is 0 Å². The van der Waals surface area contributed by atoms with Gasteiger partial charge in [0.05, 0.1) is 12.2 Å². The molecular weight excluding hydrogens is 318 g/mol. The van der Waals surface area contributed by atoms with Crippen molar-refractivity contribution in [3.63, 3.8) is 0 Å². The van der Waals surface area contributed by atoms with Crippen molar-refractivity contribution in [2.45, 2.75) is 83.4 Å². The van der Waals surface area contributed by atoms with Crippen LogP contribution in [0.4, 0.5) is 0 Å². The van der Waals surface area contributed by atoms with Crippen LogP contribution in [0.3, 0.4) is 0 Å². The second-order valence-corrected chi connectivity index (χ2v) is 12.1. The number of aliphatic hydroxyl groups is 1. The molecule has 1 saturated heterocycles. The van der Waals surface area contributed by atoms with Crippen molar-refractivity contribution < 1.29 is 23.8 Å². The monoisotopic (exact) mass is 345 g/mol. The van der Waals surface area contributed by atoms with E-state index < -0.39 is 44.9 Å². The fourth-order valence-corrected chi connectivity index (χ4v) is 3.57. The highest BCUT2D eigenvalue weighted by molar-refractivity contribution is 6.74. The van der Waals surface area contributed by atoms with E-state index >= 15 is 0 Å². The Balaban J connectivity index is 3.15. The van der Waals surface area contributed by atoms with Gasteiger partial charge in [-0.3, -0.25) is 4.79 Å². The van der Waals surface area contributed by atoms with Gasteiger partial charge in [0.2, 0.25) is 0 Å². The number of carbonyl (C=O) groups is 1. The van der Waals surface area contributed by atoms with Crippen molar-refractivity contribution in [2.75, 3.05) is 0 Å². The Labute approximate surface area is 137 Å². The first-order valence-corrected chi connectivity index (χ1v) is 10.5. The lowest BCUT2D eigenvalue weighted by atomic mass is 9.97. The Morgan fingerprint density at radius 3 is 2.35 bits per heavy atom. The third-order valence-electron chi connectivity index (χ3n) is 4.49. The van der Waals surface area contributed by atoms with Crippen molar-refractivity contribution in [3.05, 3.63) is 10.4 Å². The van der Waals surface area contributed by atoms with E-state index in [4.69, 9.17) is 19.4 Å². The maximum absolute atomic E-state index is 11.3. The normalized spacial score (nSPS) is 32.1. The Hall–Kier alpha value is -1.12. The van der Waals surface area contributed by atoms with Gasteiger partial charge in [0.15, 0.2) is 20.7 Å². The number of aliphatic hydroxyl groups excluding tert-OH is 1. The highest BCUT2D eigenvalue weighted by Gasteiger charge is 2.50. The summed E-state index contributed by atoms with van der Waals surface area (Å²) < 4.78 is 16.9. The zero-order valence-corrected chi connectivity index (χ0v) is 15.8. The van der Waals surface area contributed by atoms with E-state index in [1.165, 1.54) is 6.92 Å². The molecule has 0 bridgehead atoms. The maximum Gasteiger partial charge on any atom is 0.303 e. The largest absolute Gasteiger partial charge is 0.457 e. The molecule has 0 radical (unpaired) electrons. The molecule has 132 valence electrons. The first-order chi connectivity index (χ1) is 10.4. The second-order valence-electron chi connectivity index (χ2n) is 7.34. The van der Waals surface area contributed by atoms with Crippen molar-refractivity contribution in [2.24, 2.45) is 5.11 Å². The summed E-state index contributed by atoms with van der Waals surface area (Å²) in [7, 11) is -2.18. The molecule has 9 heteroatoms. The number of rotatable bonds is 4. The number of ether oxygens (including phenoxy) is 2. The zero-order chi connectivity index (χ0) is 18.0. The van der Waals surface area contributed by atoms with Gasteiger partial charge in [0, 0.05) is 11.8 Å². The summed E-state index contributed by atoms with van der Waals surface area (Å²) in [5.74, 6) is -0.587. The Morgan fingerprint density at radius 1 is 1.35 bits per heavy atom. The molecule has 1 rings (SSSR count). The lowest BCUT2D eigenvalue weighted by molar-refractivity contribution is -0.252. The minimum absolute atomic E-state index is 0.0549. The first-order valence-electron chi connectivity index (χ1n) is 7.63. The zero-order valence-electron chi connectivity index (χ0n) is 14.8. The van der Waals surface area contributed by atoms with Crippen LogP contribution in [0.25, 0.3) is 10.4 Å². The average Bonchev–Trinajstić information content (AvgIpc) is 2.37. The molecule has 0 aromatic carbocycles. The summed E-state index contributed by atoms with van der Waals surface area (Å²) in [5.41, 5.74) is 8.87. The third kappa shape index (κ3) is 4.68. The molecule has 23 heavy (non-hydrogen) atoms. The maximum atomic E-state index is 11.3. The topological polar surface area (TPSA) is 114 Å². The second kappa shape index (κ2) is 7.19. The molecule has 8 nitrogen and oxygen atoms in total. The molecule has 1 heterocycles. The third-order valence-corrected chi connectivity index (χ3v) is 8.97.